The van der Waals surface area contributed by atoms with E-state index in [0.717, 1.165) is 15.1 Å². The Labute approximate surface area is 112 Å². The van der Waals surface area contributed by atoms with E-state index in [4.69, 9.17) is 5.73 Å². The maximum absolute atomic E-state index is 13.0. The number of pyridine rings is 1. The van der Waals surface area contributed by atoms with E-state index in [-0.39, 0.29) is 5.82 Å². The Bertz CT molecular complexity index is 516. The second kappa shape index (κ2) is 5.51. The molecule has 0 aliphatic rings. The van der Waals surface area contributed by atoms with Gasteiger partial charge in [0, 0.05) is 27.0 Å². The van der Waals surface area contributed by atoms with Crippen LogP contribution >= 0.6 is 27.7 Å². The fourth-order valence-corrected chi connectivity index (χ4v) is 2.42. The molecule has 0 aliphatic heterocycles. The van der Waals surface area contributed by atoms with Gasteiger partial charge in [-0.15, -0.1) is 11.8 Å². The zero-order chi connectivity index (χ0) is 12.3. The zero-order valence-corrected chi connectivity index (χ0v) is 11.3. The molecule has 17 heavy (non-hydrogen) atoms. The van der Waals surface area contributed by atoms with Crippen molar-refractivity contribution in [2.24, 2.45) is 0 Å². The minimum Gasteiger partial charge on any atom is -0.398 e. The molecule has 0 fully saturated rings. The van der Waals surface area contributed by atoms with Crippen LogP contribution in [0.4, 0.5) is 10.1 Å². The van der Waals surface area contributed by atoms with E-state index < -0.39 is 0 Å². The summed E-state index contributed by atoms with van der Waals surface area (Å²) in [6.45, 7) is 0. The molecule has 0 amide bonds. The third-order valence-electron chi connectivity index (χ3n) is 2.14. The summed E-state index contributed by atoms with van der Waals surface area (Å²) in [4.78, 5) is 4.99. The third-order valence-corrected chi connectivity index (χ3v) is 3.71. The van der Waals surface area contributed by atoms with E-state index in [1.54, 1.807) is 12.3 Å². The first-order chi connectivity index (χ1) is 8.15. The highest BCUT2D eigenvalue weighted by Crippen LogP contribution is 2.28. The number of rotatable bonds is 3. The molecule has 0 saturated carbocycles. The number of nitrogens with zero attached hydrogens (tertiary/aromatic N) is 1. The van der Waals surface area contributed by atoms with Crippen LogP contribution in [0.15, 0.2) is 45.9 Å². The van der Waals surface area contributed by atoms with E-state index >= 15 is 0 Å². The Morgan fingerprint density at radius 2 is 2.12 bits per heavy atom. The maximum Gasteiger partial charge on any atom is 0.124 e. The second-order valence-corrected chi connectivity index (χ2v) is 5.37. The molecule has 1 aromatic carbocycles. The molecular weight excluding hydrogens is 303 g/mol. The number of halogens is 2. The van der Waals surface area contributed by atoms with Crippen LogP contribution in [-0.4, -0.2) is 4.98 Å². The van der Waals surface area contributed by atoms with Gasteiger partial charge in [-0.25, -0.2) is 4.39 Å². The number of nitrogen functional groups attached to an aromatic ring is 1. The van der Waals surface area contributed by atoms with Crippen molar-refractivity contribution >= 4 is 33.4 Å². The van der Waals surface area contributed by atoms with E-state index in [0.29, 0.717) is 11.4 Å². The van der Waals surface area contributed by atoms with Gasteiger partial charge < -0.3 is 5.73 Å². The van der Waals surface area contributed by atoms with Crippen molar-refractivity contribution in [2.45, 2.75) is 10.6 Å². The molecule has 0 bridgehead atoms. The smallest absolute Gasteiger partial charge is 0.124 e. The van der Waals surface area contributed by atoms with Crippen LogP contribution in [0.5, 0.6) is 0 Å². The van der Waals surface area contributed by atoms with Crippen molar-refractivity contribution in [3.05, 3.63) is 52.5 Å². The summed E-state index contributed by atoms with van der Waals surface area (Å²) in [6.07, 6.45) is 1.74. The number of thioether (sulfide) groups is 1. The third kappa shape index (κ3) is 3.44. The molecule has 0 unspecified atom stereocenters. The highest BCUT2D eigenvalue weighted by atomic mass is 79.9. The number of anilines is 1. The van der Waals surface area contributed by atoms with Crippen LogP contribution in [-0.2, 0) is 5.75 Å². The lowest BCUT2D eigenvalue weighted by molar-refractivity contribution is 0.624. The molecule has 0 radical (unpaired) electrons. The maximum atomic E-state index is 13.0. The quantitative estimate of drug-likeness (QED) is 0.691. The normalized spacial score (nSPS) is 10.5. The monoisotopic (exact) mass is 312 g/mol. The molecular formula is C12H10BrFN2S. The standard InChI is InChI=1S/C12H10BrFN2S/c13-8-1-3-10(16-6-8)7-17-12-5-9(14)2-4-11(12)15/h1-6H,7,15H2. The summed E-state index contributed by atoms with van der Waals surface area (Å²) in [7, 11) is 0. The van der Waals surface area contributed by atoms with Crippen molar-refractivity contribution in [1.82, 2.24) is 4.98 Å². The molecule has 2 rings (SSSR count). The average molecular weight is 313 g/mol. The Hall–Kier alpha value is -1.07. The van der Waals surface area contributed by atoms with Crippen molar-refractivity contribution in [1.29, 1.82) is 0 Å². The molecule has 0 aliphatic carbocycles. The fourth-order valence-electron chi connectivity index (χ4n) is 1.28. The molecule has 0 spiro atoms. The van der Waals surface area contributed by atoms with Crippen molar-refractivity contribution in [3.8, 4) is 0 Å². The first kappa shape index (κ1) is 12.4. The van der Waals surface area contributed by atoms with Gasteiger partial charge in [0.15, 0.2) is 0 Å². The highest BCUT2D eigenvalue weighted by molar-refractivity contribution is 9.10. The summed E-state index contributed by atoms with van der Waals surface area (Å²) in [5, 5.41) is 0. The van der Waals surface area contributed by atoms with Crippen LogP contribution in [0.25, 0.3) is 0 Å². The van der Waals surface area contributed by atoms with E-state index in [2.05, 4.69) is 20.9 Å². The molecule has 1 heterocycles. The lowest BCUT2D eigenvalue weighted by Gasteiger charge is -2.05. The molecule has 2 aromatic rings. The summed E-state index contributed by atoms with van der Waals surface area (Å²) in [6, 6.07) is 8.23. The van der Waals surface area contributed by atoms with Crippen molar-refractivity contribution in [2.75, 3.05) is 5.73 Å². The Balaban J connectivity index is 2.07. The first-order valence-corrected chi connectivity index (χ1v) is 6.71. The van der Waals surface area contributed by atoms with Gasteiger partial charge in [0.2, 0.25) is 0 Å². The largest absolute Gasteiger partial charge is 0.398 e. The van der Waals surface area contributed by atoms with Gasteiger partial charge in [-0.2, -0.15) is 0 Å². The van der Waals surface area contributed by atoms with E-state index in [9.17, 15) is 4.39 Å². The molecule has 5 heteroatoms. The molecule has 1 aromatic heterocycles. The number of hydrogen-bond donors (Lipinski definition) is 1. The van der Waals surface area contributed by atoms with Gasteiger partial charge >= 0.3 is 0 Å². The van der Waals surface area contributed by atoms with Crippen LogP contribution in [0.3, 0.4) is 0 Å². The predicted octanol–water partition coefficient (Wildman–Crippen LogP) is 3.86. The highest BCUT2D eigenvalue weighted by Gasteiger charge is 2.03. The van der Waals surface area contributed by atoms with Gasteiger partial charge in [-0.3, -0.25) is 4.98 Å². The van der Waals surface area contributed by atoms with Gasteiger partial charge in [0.25, 0.3) is 0 Å². The first-order valence-electron chi connectivity index (χ1n) is 4.93. The van der Waals surface area contributed by atoms with Crippen LogP contribution in [0, 0.1) is 5.82 Å². The van der Waals surface area contributed by atoms with Crippen LogP contribution < -0.4 is 5.73 Å². The molecule has 2 nitrogen and oxygen atoms in total. The summed E-state index contributed by atoms with van der Waals surface area (Å²) in [5.41, 5.74) is 7.29. The average Bonchev–Trinajstić information content (AvgIpc) is 2.32. The predicted molar refractivity (Wildman–Crippen MR) is 72.3 cm³/mol. The van der Waals surface area contributed by atoms with Crippen molar-refractivity contribution in [3.63, 3.8) is 0 Å². The van der Waals surface area contributed by atoms with Crippen LogP contribution in [0.2, 0.25) is 0 Å². The number of benzene rings is 1. The summed E-state index contributed by atoms with van der Waals surface area (Å²) >= 11 is 4.80. The van der Waals surface area contributed by atoms with Gasteiger partial charge in [0.05, 0.1) is 5.69 Å². The van der Waals surface area contributed by atoms with Gasteiger partial charge in [-0.1, -0.05) is 0 Å². The summed E-state index contributed by atoms with van der Waals surface area (Å²) < 4.78 is 14.0. The fraction of sp³-hybridized carbons (Fsp3) is 0.0833. The van der Waals surface area contributed by atoms with Gasteiger partial charge in [-0.05, 0) is 46.3 Å². The van der Waals surface area contributed by atoms with Gasteiger partial charge in [0.1, 0.15) is 5.82 Å². The minimum absolute atomic E-state index is 0.273. The number of hydrogen-bond acceptors (Lipinski definition) is 3. The number of nitrogens with two attached hydrogens (primary N) is 1. The van der Waals surface area contributed by atoms with E-state index in [1.807, 2.05) is 12.1 Å². The summed E-state index contributed by atoms with van der Waals surface area (Å²) in [5.74, 6) is 0.395. The molecule has 0 atom stereocenters. The molecule has 2 N–H and O–H groups in total. The second-order valence-electron chi connectivity index (χ2n) is 3.44. The minimum atomic E-state index is -0.273. The zero-order valence-electron chi connectivity index (χ0n) is 8.86. The molecule has 88 valence electrons. The lowest BCUT2D eigenvalue weighted by Crippen LogP contribution is -1.91. The van der Waals surface area contributed by atoms with E-state index in [1.165, 1.54) is 23.9 Å². The van der Waals surface area contributed by atoms with Crippen LogP contribution in [0.1, 0.15) is 5.69 Å². The topological polar surface area (TPSA) is 38.9 Å². The molecule has 0 saturated heterocycles. The SMILES string of the molecule is Nc1ccc(F)cc1SCc1ccc(Br)cn1. The lowest BCUT2D eigenvalue weighted by atomic mass is 10.3. The Kier molecular flexibility index (Phi) is 4.02. The Morgan fingerprint density at radius 3 is 2.82 bits per heavy atom. The number of aromatic nitrogens is 1. The Morgan fingerprint density at radius 1 is 1.29 bits per heavy atom. The van der Waals surface area contributed by atoms with Crippen molar-refractivity contribution < 1.29 is 4.39 Å².